The Balaban J connectivity index is 1.89. The lowest BCUT2D eigenvalue weighted by Crippen LogP contribution is -2.55. The molecule has 7 heteroatoms. The summed E-state index contributed by atoms with van der Waals surface area (Å²) in [4.78, 5) is 2.15. The van der Waals surface area contributed by atoms with E-state index in [1.807, 2.05) is 18.2 Å². The van der Waals surface area contributed by atoms with Crippen molar-refractivity contribution in [2.24, 2.45) is 5.92 Å². The molecule has 2 fully saturated rings. The van der Waals surface area contributed by atoms with Crippen LogP contribution in [0.15, 0.2) is 30.3 Å². The van der Waals surface area contributed by atoms with Crippen LogP contribution in [0, 0.1) is 5.92 Å². The molecule has 2 heterocycles. The summed E-state index contributed by atoms with van der Waals surface area (Å²) in [7, 11) is -4.20. The average molecular weight is 466 g/mol. The van der Waals surface area contributed by atoms with Gasteiger partial charge in [-0.3, -0.25) is 4.90 Å². The van der Waals surface area contributed by atoms with Crippen LogP contribution in [0.25, 0.3) is 0 Å². The van der Waals surface area contributed by atoms with Crippen molar-refractivity contribution < 1.29 is 19.7 Å². The normalized spacial score (nSPS) is 32.6. The minimum absolute atomic E-state index is 0.0708. The largest absolute Gasteiger partial charge is 0.415 e. The van der Waals surface area contributed by atoms with E-state index >= 15 is 0 Å². The Hall–Kier alpha value is -0.546. The fourth-order valence-electron chi connectivity index (χ4n) is 5.57. The molecule has 0 spiro atoms. The Kier molecular flexibility index (Phi) is 7.01. The summed E-state index contributed by atoms with van der Waals surface area (Å²) >= 11 is 0. The first-order valence-corrected chi connectivity index (χ1v) is 17.7. The predicted molar refractivity (Wildman–Crippen MR) is 132 cm³/mol. The number of fused-ring (bicyclic) bond motifs is 1. The van der Waals surface area contributed by atoms with Crippen LogP contribution in [0.2, 0.25) is 36.8 Å². The van der Waals surface area contributed by atoms with Gasteiger partial charge in [-0.1, -0.05) is 76.3 Å². The summed E-state index contributed by atoms with van der Waals surface area (Å²) in [6.45, 7) is 19.0. The third-order valence-electron chi connectivity index (χ3n) is 9.04. The SMILES string of the molecule is CC(C)C(C)(C)[Si](C)(C)OC[C@@H]1[C@@H](O)[C@H]([Si](C)(C)c2ccccc2)[C@H]2[C@H](O)[C@@H](O)CN21. The van der Waals surface area contributed by atoms with Gasteiger partial charge in [0.05, 0.1) is 39.0 Å². The molecule has 1 aromatic carbocycles. The van der Waals surface area contributed by atoms with E-state index in [-0.39, 0.29) is 22.7 Å². The smallest absolute Gasteiger partial charge is 0.192 e. The molecule has 0 aliphatic carbocycles. The highest BCUT2D eigenvalue weighted by atomic mass is 28.4. The minimum Gasteiger partial charge on any atom is -0.415 e. The van der Waals surface area contributed by atoms with E-state index in [0.29, 0.717) is 19.1 Å². The van der Waals surface area contributed by atoms with E-state index < -0.39 is 34.7 Å². The molecule has 3 rings (SSSR count). The zero-order valence-electron chi connectivity index (χ0n) is 20.5. The Morgan fingerprint density at radius 1 is 1.03 bits per heavy atom. The van der Waals surface area contributed by atoms with E-state index in [1.165, 1.54) is 5.19 Å². The summed E-state index contributed by atoms with van der Waals surface area (Å²) < 4.78 is 6.64. The fraction of sp³-hybridized carbons (Fsp3) is 0.750. The van der Waals surface area contributed by atoms with Gasteiger partial charge in [0.2, 0.25) is 0 Å². The first-order chi connectivity index (χ1) is 14.2. The van der Waals surface area contributed by atoms with Gasteiger partial charge in [0, 0.05) is 18.1 Å². The predicted octanol–water partition coefficient (Wildman–Crippen LogP) is 2.78. The van der Waals surface area contributed by atoms with Gasteiger partial charge in [0.25, 0.3) is 0 Å². The Labute approximate surface area is 190 Å². The number of aliphatic hydroxyl groups is 3. The molecule has 3 N–H and O–H groups in total. The molecular weight excluding hydrogens is 422 g/mol. The van der Waals surface area contributed by atoms with Gasteiger partial charge in [-0.15, -0.1) is 0 Å². The van der Waals surface area contributed by atoms with Crippen LogP contribution in [-0.2, 0) is 4.43 Å². The lowest BCUT2D eigenvalue weighted by Gasteiger charge is -2.43. The van der Waals surface area contributed by atoms with Crippen LogP contribution < -0.4 is 5.19 Å². The van der Waals surface area contributed by atoms with Crippen LogP contribution in [-0.4, -0.2) is 80.2 Å². The summed E-state index contributed by atoms with van der Waals surface area (Å²) in [6.07, 6.45) is -2.20. The average Bonchev–Trinajstić information content (AvgIpc) is 3.13. The number of hydrogen-bond acceptors (Lipinski definition) is 5. The van der Waals surface area contributed by atoms with Crippen molar-refractivity contribution in [3.63, 3.8) is 0 Å². The van der Waals surface area contributed by atoms with Crippen molar-refractivity contribution in [2.75, 3.05) is 13.2 Å². The number of nitrogens with zero attached hydrogens (tertiary/aromatic N) is 1. The standard InChI is InChI=1S/C24H43NO4Si2/c1-16(2)24(3,4)31(7,8)29-15-18-21(27)23(20-22(28)19(26)14-25(18)20)30(5,6)17-12-10-9-11-13-17/h9-13,16,18-23,26-28H,14-15H2,1-8H3/t18-,19+,20-,21-,22-,23-/m1/s1. The van der Waals surface area contributed by atoms with E-state index in [2.05, 4.69) is 70.9 Å². The van der Waals surface area contributed by atoms with Gasteiger partial charge in [-0.05, 0) is 24.1 Å². The monoisotopic (exact) mass is 465 g/mol. The molecule has 0 unspecified atom stereocenters. The van der Waals surface area contributed by atoms with Gasteiger partial charge in [-0.25, -0.2) is 0 Å². The molecule has 0 amide bonds. The molecule has 2 saturated heterocycles. The van der Waals surface area contributed by atoms with Gasteiger partial charge in [0.1, 0.15) is 0 Å². The molecule has 176 valence electrons. The Morgan fingerprint density at radius 3 is 2.16 bits per heavy atom. The summed E-state index contributed by atoms with van der Waals surface area (Å²) in [5.74, 6) is 0.503. The maximum atomic E-state index is 11.6. The van der Waals surface area contributed by atoms with Crippen LogP contribution >= 0.6 is 0 Å². The number of hydrogen-bond donors (Lipinski definition) is 3. The first-order valence-electron chi connectivity index (χ1n) is 11.7. The van der Waals surface area contributed by atoms with Crippen molar-refractivity contribution in [2.45, 2.75) is 94.9 Å². The maximum absolute atomic E-state index is 11.6. The molecule has 1 aromatic rings. The zero-order valence-corrected chi connectivity index (χ0v) is 22.5. The lowest BCUT2D eigenvalue weighted by atomic mass is 9.99. The maximum Gasteiger partial charge on any atom is 0.192 e. The molecular formula is C24H43NO4Si2. The zero-order chi connectivity index (χ0) is 23.4. The second-order valence-electron chi connectivity index (χ2n) is 11.6. The third-order valence-corrected chi connectivity index (χ3v) is 17.8. The van der Waals surface area contributed by atoms with Gasteiger partial charge in [-0.2, -0.15) is 0 Å². The fourth-order valence-corrected chi connectivity index (χ4v) is 11.7. The molecule has 0 bridgehead atoms. The van der Waals surface area contributed by atoms with Crippen molar-refractivity contribution in [3.05, 3.63) is 30.3 Å². The number of rotatable bonds is 7. The topological polar surface area (TPSA) is 73.2 Å². The highest BCUT2D eigenvalue weighted by Gasteiger charge is 2.61. The first kappa shape index (κ1) is 25.1. The van der Waals surface area contributed by atoms with Gasteiger partial charge < -0.3 is 19.7 Å². The summed E-state index contributed by atoms with van der Waals surface area (Å²) in [6, 6.07) is 9.96. The molecule has 2 aliphatic heterocycles. The lowest BCUT2D eigenvalue weighted by molar-refractivity contribution is 0.0311. The third kappa shape index (κ3) is 4.23. The molecule has 2 aliphatic rings. The summed E-state index contributed by atoms with van der Waals surface area (Å²) in [5.41, 5.74) is -0.0708. The van der Waals surface area contributed by atoms with Gasteiger partial charge >= 0.3 is 0 Å². The molecule has 5 nitrogen and oxygen atoms in total. The quantitative estimate of drug-likeness (QED) is 0.540. The second kappa shape index (κ2) is 8.67. The van der Waals surface area contributed by atoms with Gasteiger partial charge in [0.15, 0.2) is 8.32 Å². The second-order valence-corrected chi connectivity index (χ2v) is 20.9. The van der Waals surface area contributed by atoms with Crippen LogP contribution in [0.3, 0.4) is 0 Å². The number of benzene rings is 1. The Bertz CT molecular complexity index is 755. The highest BCUT2D eigenvalue weighted by molar-refractivity contribution is 6.91. The van der Waals surface area contributed by atoms with E-state index in [4.69, 9.17) is 4.43 Å². The van der Waals surface area contributed by atoms with Crippen LogP contribution in [0.4, 0.5) is 0 Å². The van der Waals surface area contributed by atoms with Crippen molar-refractivity contribution in [3.8, 4) is 0 Å². The number of aliphatic hydroxyl groups excluding tert-OH is 3. The van der Waals surface area contributed by atoms with E-state index in [1.54, 1.807) is 0 Å². The van der Waals surface area contributed by atoms with Crippen molar-refractivity contribution in [1.29, 1.82) is 0 Å². The molecule has 31 heavy (non-hydrogen) atoms. The van der Waals surface area contributed by atoms with Crippen molar-refractivity contribution >= 4 is 21.6 Å². The Morgan fingerprint density at radius 2 is 1.61 bits per heavy atom. The molecule has 6 atom stereocenters. The minimum atomic E-state index is -2.14. The van der Waals surface area contributed by atoms with E-state index in [0.717, 1.165) is 0 Å². The van der Waals surface area contributed by atoms with Crippen molar-refractivity contribution in [1.82, 2.24) is 4.90 Å². The van der Waals surface area contributed by atoms with Crippen LogP contribution in [0.5, 0.6) is 0 Å². The van der Waals surface area contributed by atoms with E-state index in [9.17, 15) is 15.3 Å². The van der Waals surface area contributed by atoms with Crippen LogP contribution in [0.1, 0.15) is 27.7 Å². The summed E-state index contributed by atoms with van der Waals surface area (Å²) in [5, 5.41) is 34.4. The molecule has 0 aromatic heterocycles. The molecule has 0 radical (unpaired) electrons. The highest BCUT2D eigenvalue weighted by Crippen LogP contribution is 2.48. The molecule has 0 saturated carbocycles.